The fourth-order valence-corrected chi connectivity index (χ4v) is 3.68. The number of nitrogens with two attached hydrogens (primary N) is 1. The average molecular weight is 433 g/mol. The van der Waals surface area contributed by atoms with E-state index >= 15 is 0 Å². The Morgan fingerprint density at radius 3 is 2.34 bits per heavy atom. The molecule has 1 fully saturated rings. The van der Waals surface area contributed by atoms with E-state index in [1.54, 1.807) is 0 Å². The maximum atomic E-state index is 6.09. The molecule has 0 saturated carbocycles. The first-order valence-corrected chi connectivity index (χ1v) is 10.1. The van der Waals surface area contributed by atoms with E-state index in [2.05, 4.69) is 56.3 Å². The molecule has 2 aliphatic rings. The number of aryl methyl sites for hydroxylation is 1. The topological polar surface area (TPSA) is 69.2 Å². The number of halogens is 2. The molecular formula is C21H26Cl2N6. The maximum absolute atomic E-state index is 6.09. The summed E-state index contributed by atoms with van der Waals surface area (Å²) in [5, 5.41) is 4.16. The zero-order chi connectivity index (χ0) is 19.5. The second-order valence-electron chi connectivity index (χ2n) is 7.01. The van der Waals surface area contributed by atoms with Crippen molar-refractivity contribution >= 4 is 47.3 Å². The Balaban J connectivity index is 0.00000240. The van der Waals surface area contributed by atoms with Crippen LogP contribution < -0.4 is 16.0 Å². The Hall–Kier alpha value is -2.44. The van der Waals surface area contributed by atoms with Crippen molar-refractivity contribution in [2.45, 2.75) is 32.5 Å². The van der Waals surface area contributed by atoms with E-state index in [-0.39, 0.29) is 24.7 Å². The average Bonchev–Trinajstić information content (AvgIpc) is 3.24. The molecule has 154 valence electrons. The largest absolute Gasteiger partial charge is 0.368 e. The highest BCUT2D eigenvalue weighted by Gasteiger charge is 2.32. The number of anilines is 2. The van der Waals surface area contributed by atoms with Crippen molar-refractivity contribution in [3.63, 3.8) is 0 Å². The molecule has 0 spiro atoms. The molecule has 2 aromatic carbocycles. The molecular weight excluding hydrogens is 407 g/mol. The monoisotopic (exact) mass is 432 g/mol. The minimum atomic E-state index is -0.387. The van der Waals surface area contributed by atoms with Crippen LogP contribution >= 0.6 is 24.0 Å². The van der Waals surface area contributed by atoms with Crippen LogP contribution in [0.25, 0.3) is 0 Å². The quantitative estimate of drug-likeness (QED) is 0.754. The standard InChI is InChI=1S/C21H25ClN6.ClH/c1-2-15-5-11-18(12-6-15)28-20(24-17-9-7-16(22)8-10-17)25-19(23)26-21(28)27-13-3-4-14-27;/h5-12,20,24H,2-4,13-14H2,1H3,(H2,23,25);1H. The summed E-state index contributed by atoms with van der Waals surface area (Å²) in [7, 11) is 0. The molecule has 0 radical (unpaired) electrons. The van der Waals surface area contributed by atoms with Gasteiger partial charge in [0.2, 0.25) is 18.2 Å². The molecule has 0 bridgehead atoms. The Bertz CT molecular complexity index is 873. The highest BCUT2D eigenvalue weighted by Crippen LogP contribution is 2.26. The lowest BCUT2D eigenvalue weighted by atomic mass is 10.1. The van der Waals surface area contributed by atoms with Crippen LogP contribution in [0.15, 0.2) is 58.5 Å². The number of hydrogen-bond acceptors (Lipinski definition) is 6. The van der Waals surface area contributed by atoms with E-state index in [0.717, 1.165) is 49.7 Å². The smallest absolute Gasteiger partial charge is 0.222 e. The van der Waals surface area contributed by atoms with Crippen LogP contribution in [0.4, 0.5) is 11.4 Å². The third kappa shape index (κ3) is 4.77. The van der Waals surface area contributed by atoms with Crippen molar-refractivity contribution in [2.75, 3.05) is 23.3 Å². The first-order chi connectivity index (χ1) is 13.6. The van der Waals surface area contributed by atoms with Gasteiger partial charge in [-0.15, -0.1) is 12.4 Å². The van der Waals surface area contributed by atoms with Gasteiger partial charge in [0.05, 0.1) is 0 Å². The van der Waals surface area contributed by atoms with Gasteiger partial charge in [-0.25, -0.2) is 4.99 Å². The van der Waals surface area contributed by atoms with Gasteiger partial charge in [-0.3, -0.25) is 4.90 Å². The Kier molecular flexibility index (Phi) is 6.87. The fourth-order valence-electron chi connectivity index (χ4n) is 3.56. The van der Waals surface area contributed by atoms with Gasteiger partial charge in [0.25, 0.3) is 0 Å². The molecule has 29 heavy (non-hydrogen) atoms. The van der Waals surface area contributed by atoms with Crippen molar-refractivity contribution in [1.29, 1.82) is 0 Å². The molecule has 4 rings (SSSR count). The van der Waals surface area contributed by atoms with Gasteiger partial charge in [-0.05, 0) is 61.2 Å². The normalized spacial score (nSPS) is 18.8. The third-order valence-corrected chi connectivity index (χ3v) is 5.33. The maximum Gasteiger partial charge on any atom is 0.222 e. The number of rotatable bonds is 4. The molecule has 2 aliphatic heterocycles. The van der Waals surface area contributed by atoms with E-state index in [0.29, 0.717) is 5.02 Å². The SMILES string of the molecule is CCc1ccc(N2C(N3CCCC3)=NC(N)=NC2Nc2ccc(Cl)cc2)cc1.Cl. The van der Waals surface area contributed by atoms with E-state index in [4.69, 9.17) is 17.3 Å². The summed E-state index contributed by atoms with van der Waals surface area (Å²) in [6.45, 7) is 4.11. The van der Waals surface area contributed by atoms with E-state index < -0.39 is 0 Å². The van der Waals surface area contributed by atoms with Crippen molar-refractivity contribution in [1.82, 2.24) is 4.90 Å². The summed E-state index contributed by atoms with van der Waals surface area (Å²) in [5.74, 6) is 1.13. The van der Waals surface area contributed by atoms with Crippen LogP contribution in [0.2, 0.25) is 5.02 Å². The minimum Gasteiger partial charge on any atom is -0.368 e. The van der Waals surface area contributed by atoms with Crippen molar-refractivity contribution in [3.05, 3.63) is 59.1 Å². The molecule has 0 aromatic heterocycles. The van der Waals surface area contributed by atoms with Crippen LogP contribution in [0.1, 0.15) is 25.3 Å². The van der Waals surface area contributed by atoms with Gasteiger partial charge < -0.3 is 16.0 Å². The number of nitrogens with one attached hydrogen (secondary N) is 1. The summed E-state index contributed by atoms with van der Waals surface area (Å²) in [6, 6.07) is 16.1. The molecule has 0 aliphatic carbocycles. The predicted molar refractivity (Wildman–Crippen MR) is 124 cm³/mol. The summed E-state index contributed by atoms with van der Waals surface area (Å²) >= 11 is 6.03. The molecule has 8 heteroatoms. The lowest BCUT2D eigenvalue weighted by molar-refractivity contribution is 0.497. The van der Waals surface area contributed by atoms with Crippen molar-refractivity contribution < 1.29 is 0 Å². The molecule has 2 aromatic rings. The molecule has 6 nitrogen and oxygen atoms in total. The number of benzene rings is 2. The highest BCUT2D eigenvalue weighted by molar-refractivity contribution is 6.30. The molecule has 1 atom stereocenters. The Morgan fingerprint density at radius 2 is 1.72 bits per heavy atom. The second kappa shape index (κ2) is 9.37. The number of hydrogen-bond donors (Lipinski definition) is 2. The van der Waals surface area contributed by atoms with Crippen molar-refractivity contribution in [3.8, 4) is 0 Å². The number of nitrogens with zero attached hydrogens (tertiary/aromatic N) is 4. The minimum absolute atomic E-state index is 0. The molecule has 2 heterocycles. The van der Waals surface area contributed by atoms with Gasteiger partial charge in [-0.2, -0.15) is 4.99 Å². The predicted octanol–water partition coefficient (Wildman–Crippen LogP) is 4.31. The van der Waals surface area contributed by atoms with E-state index in [1.165, 1.54) is 5.56 Å². The summed E-state index contributed by atoms with van der Waals surface area (Å²) < 4.78 is 0. The fraction of sp³-hybridized carbons (Fsp3) is 0.333. The van der Waals surface area contributed by atoms with Gasteiger partial charge in [-0.1, -0.05) is 30.7 Å². The van der Waals surface area contributed by atoms with E-state index in [1.807, 2.05) is 24.3 Å². The van der Waals surface area contributed by atoms with Crippen LogP contribution in [-0.4, -0.2) is 36.2 Å². The van der Waals surface area contributed by atoms with E-state index in [9.17, 15) is 0 Å². The van der Waals surface area contributed by atoms with Gasteiger partial charge >= 0.3 is 0 Å². The lowest BCUT2D eigenvalue weighted by Gasteiger charge is -2.38. The zero-order valence-electron chi connectivity index (χ0n) is 16.4. The lowest BCUT2D eigenvalue weighted by Crippen LogP contribution is -2.54. The number of aliphatic imine (C=N–C) groups is 2. The van der Waals surface area contributed by atoms with Gasteiger partial charge in [0.1, 0.15) is 0 Å². The Labute approximate surface area is 182 Å². The third-order valence-electron chi connectivity index (χ3n) is 5.08. The van der Waals surface area contributed by atoms with Gasteiger partial charge in [0, 0.05) is 29.5 Å². The molecule has 1 saturated heterocycles. The first kappa shape index (κ1) is 21.3. The second-order valence-corrected chi connectivity index (χ2v) is 7.44. The number of guanidine groups is 2. The molecule has 1 unspecified atom stereocenters. The summed E-state index contributed by atoms with van der Waals surface area (Å²) in [4.78, 5) is 13.6. The zero-order valence-corrected chi connectivity index (χ0v) is 18.0. The number of likely N-dealkylation sites (tertiary alicyclic amines) is 1. The highest BCUT2D eigenvalue weighted by atomic mass is 35.5. The van der Waals surface area contributed by atoms with Crippen LogP contribution in [-0.2, 0) is 6.42 Å². The summed E-state index contributed by atoms with van der Waals surface area (Å²) in [6.07, 6.45) is 2.94. The van der Waals surface area contributed by atoms with Crippen molar-refractivity contribution in [2.24, 2.45) is 15.7 Å². The van der Waals surface area contributed by atoms with Crippen LogP contribution in [0.3, 0.4) is 0 Å². The first-order valence-electron chi connectivity index (χ1n) is 9.71. The molecule has 3 N–H and O–H groups in total. The van der Waals surface area contributed by atoms with Crippen LogP contribution in [0.5, 0.6) is 0 Å². The van der Waals surface area contributed by atoms with Gasteiger partial charge in [0.15, 0.2) is 0 Å². The molecule has 0 amide bonds. The Morgan fingerprint density at radius 1 is 1.07 bits per heavy atom. The summed E-state index contributed by atoms with van der Waals surface area (Å²) in [5.41, 5.74) is 9.34. The van der Waals surface area contributed by atoms with Crippen LogP contribution in [0, 0.1) is 0 Å².